The highest BCUT2D eigenvalue weighted by atomic mass is 79.9. The van der Waals surface area contributed by atoms with E-state index in [1.165, 1.54) is 12.1 Å². The Morgan fingerprint density at radius 1 is 1.35 bits per heavy atom. The van der Waals surface area contributed by atoms with Crippen LogP contribution in [-0.4, -0.2) is 26.7 Å². The molecule has 17 heavy (non-hydrogen) atoms. The fourth-order valence-corrected chi connectivity index (χ4v) is 2.68. The van der Waals surface area contributed by atoms with Crippen LogP contribution >= 0.6 is 15.9 Å². The molecule has 0 saturated heterocycles. The van der Waals surface area contributed by atoms with Crippen LogP contribution in [0.3, 0.4) is 0 Å². The Morgan fingerprint density at radius 2 is 2.06 bits per heavy atom. The molecule has 0 spiro atoms. The molecule has 0 unspecified atom stereocenters. The van der Waals surface area contributed by atoms with Gasteiger partial charge in [-0.2, -0.15) is 0 Å². The summed E-state index contributed by atoms with van der Waals surface area (Å²) in [7, 11) is -3.82. The Balaban J connectivity index is 2.76. The second-order valence-corrected chi connectivity index (χ2v) is 6.05. The maximum atomic E-state index is 13.4. The predicted octanol–water partition coefficient (Wildman–Crippen LogP) is 1.64. The molecular formula is C10H13BrFNO3S. The Bertz CT molecular complexity index is 478. The highest BCUT2D eigenvalue weighted by Crippen LogP contribution is 2.19. The van der Waals surface area contributed by atoms with Crippen molar-refractivity contribution in [1.29, 1.82) is 0 Å². The van der Waals surface area contributed by atoms with Crippen LogP contribution in [0.15, 0.2) is 27.6 Å². The largest absolute Gasteiger partial charge is 0.396 e. The number of rotatable bonds is 6. The van der Waals surface area contributed by atoms with Crippen LogP contribution in [0.1, 0.15) is 12.8 Å². The molecular weight excluding hydrogens is 313 g/mol. The molecule has 0 bridgehead atoms. The van der Waals surface area contributed by atoms with Crippen molar-refractivity contribution >= 4 is 26.0 Å². The number of nitrogens with one attached hydrogen (secondary N) is 1. The fourth-order valence-electron chi connectivity index (χ4n) is 1.21. The lowest BCUT2D eigenvalue weighted by Gasteiger charge is -2.07. The van der Waals surface area contributed by atoms with E-state index in [-0.39, 0.29) is 18.0 Å². The monoisotopic (exact) mass is 325 g/mol. The molecule has 7 heteroatoms. The van der Waals surface area contributed by atoms with Gasteiger partial charge >= 0.3 is 0 Å². The molecule has 1 aromatic carbocycles. The van der Waals surface area contributed by atoms with Crippen molar-refractivity contribution in [1.82, 2.24) is 4.72 Å². The molecule has 0 atom stereocenters. The van der Waals surface area contributed by atoms with Crippen molar-refractivity contribution in [2.75, 3.05) is 13.2 Å². The molecule has 0 aliphatic rings. The minimum Gasteiger partial charge on any atom is -0.396 e. The van der Waals surface area contributed by atoms with E-state index >= 15 is 0 Å². The van der Waals surface area contributed by atoms with Crippen LogP contribution in [0, 0.1) is 5.82 Å². The van der Waals surface area contributed by atoms with Gasteiger partial charge in [-0.25, -0.2) is 17.5 Å². The van der Waals surface area contributed by atoms with Crippen molar-refractivity contribution in [2.45, 2.75) is 17.7 Å². The van der Waals surface area contributed by atoms with E-state index in [0.717, 1.165) is 6.07 Å². The standard InChI is InChI=1S/C10H13BrFNO3S/c11-8-3-4-10(9(12)7-8)17(15,16)13-5-1-2-6-14/h3-4,7,13-14H,1-2,5-6H2. The third-order valence-electron chi connectivity index (χ3n) is 2.06. The summed E-state index contributed by atoms with van der Waals surface area (Å²) < 4.78 is 39.6. The number of aliphatic hydroxyl groups is 1. The highest BCUT2D eigenvalue weighted by Gasteiger charge is 2.18. The van der Waals surface area contributed by atoms with Crippen molar-refractivity contribution in [2.24, 2.45) is 0 Å². The van der Waals surface area contributed by atoms with Gasteiger partial charge < -0.3 is 5.11 Å². The van der Waals surface area contributed by atoms with Gasteiger partial charge in [0.05, 0.1) is 0 Å². The number of halogens is 2. The Labute approximate surface area is 108 Å². The molecule has 0 heterocycles. The van der Waals surface area contributed by atoms with Gasteiger partial charge in [0.1, 0.15) is 10.7 Å². The molecule has 1 aromatic rings. The maximum absolute atomic E-state index is 13.4. The first-order chi connectivity index (χ1) is 7.97. The molecule has 0 amide bonds. The van der Waals surface area contributed by atoms with Gasteiger partial charge in [0.2, 0.25) is 10.0 Å². The number of unbranched alkanes of at least 4 members (excludes halogenated alkanes) is 1. The average molecular weight is 326 g/mol. The zero-order valence-corrected chi connectivity index (χ0v) is 11.4. The molecule has 0 radical (unpaired) electrons. The summed E-state index contributed by atoms with van der Waals surface area (Å²) in [5.41, 5.74) is 0. The summed E-state index contributed by atoms with van der Waals surface area (Å²) in [5, 5.41) is 8.54. The SMILES string of the molecule is O=S(=O)(NCCCCO)c1ccc(Br)cc1F. The number of aliphatic hydroxyl groups excluding tert-OH is 1. The quantitative estimate of drug-likeness (QED) is 0.781. The van der Waals surface area contributed by atoms with Crippen molar-refractivity contribution in [3.8, 4) is 0 Å². The number of sulfonamides is 1. The zero-order chi connectivity index (χ0) is 12.9. The number of benzene rings is 1. The van der Waals surface area contributed by atoms with Crippen molar-refractivity contribution in [3.63, 3.8) is 0 Å². The number of hydrogen-bond donors (Lipinski definition) is 2. The van der Waals surface area contributed by atoms with Gasteiger partial charge in [0, 0.05) is 17.6 Å². The van der Waals surface area contributed by atoms with E-state index in [1.54, 1.807) is 0 Å². The molecule has 0 fully saturated rings. The van der Waals surface area contributed by atoms with Gasteiger partial charge in [-0.3, -0.25) is 0 Å². The van der Waals surface area contributed by atoms with E-state index in [1.807, 2.05) is 0 Å². The van der Waals surface area contributed by atoms with Crippen LogP contribution in [0.2, 0.25) is 0 Å². The summed E-state index contributed by atoms with van der Waals surface area (Å²) in [6, 6.07) is 3.77. The lowest BCUT2D eigenvalue weighted by Crippen LogP contribution is -2.25. The van der Waals surface area contributed by atoms with Gasteiger partial charge in [0.25, 0.3) is 0 Å². The number of hydrogen-bond acceptors (Lipinski definition) is 3. The van der Waals surface area contributed by atoms with E-state index in [9.17, 15) is 12.8 Å². The first-order valence-electron chi connectivity index (χ1n) is 5.03. The van der Waals surface area contributed by atoms with Crippen LogP contribution in [0.5, 0.6) is 0 Å². The first kappa shape index (κ1) is 14.6. The van der Waals surface area contributed by atoms with Crippen LogP contribution in [0.4, 0.5) is 4.39 Å². The van der Waals surface area contributed by atoms with E-state index in [4.69, 9.17) is 5.11 Å². The first-order valence-corrected chi connectivity index (χ1v) is 7.30. The predicted molar refractivity (Wildman–Crippen MR) is 65.6 cm³/mol. The maximum Gasteiger partial charge on any atom is 0.243 e. The zero-order valence-electron chi connectivity index (χ0n) is 8.99. The smallest absolute Gasteiger partial charge is 0.243 e. The summed E-state index contributed by atoms with van der Waals surface area (Å²) in [5.74, 6) is -0.797. The van der Waals surface area contributed by atoms with E-state index in [0.29, 0.717) is 17.3 Å². The summed E-state index contributed by atoms with van der Waals surface area (Å²) in [6.07, 6.45) is 1.01. The Hall–Kier alpha value is -0.500. The lowest BCUT2D eigenvalue weighted by molar-refractivity contribution is 0.285. The lowest BCUT2D eigenvalue weighted by atomic mass is 10.3. The molecule has 0 aromatic heterocycles. The van der Waals surface area contributed by atoms with Crippen LogP contribution < -0.4 is 4.72 Å². The normalized spacial score (nSPS) is 11.7. The molecule has 1 rings (SSSR count). The van der Waals surface area contributed by atoms with E-state index in [2.05, 4.69) is 20.7 Å². The molecule has 0 aliphatic heterocycles. The fraction of sp³-hybridized carbons (Fsp3) is 0.400. The Kier molecular flexibility index (Phi) is 5.51. The molecule has 2 N–H and O–H groups in total. The third-order valence-corrected chi connectivity index (χ3v) is 4.05. The third kappa shape index (κ3) is 4.34. The highest BCUT2D eigenvalue weighted by molar-refractivity contribution is 9.10. The summed E-state index contributed by atoms with van der Waals surface area (Å²) >= 11 is 3.05. The van der Waals surface area contributed by atoms with Gasteiger partial charge in [0.15, 0.2) is 0 Å². The van der Waals surface area contributed by atoms with Gasteiger partial charge in [-0.15, -0.1) is 0 Å². The van der Waals surface area contributed by atoms with Gasteiger partial charge in [-0.05, 0) is 31.0 Å². The van der Waals surface area contributed by atoms with Crippen molar-refractivity contribution in [3.05, 3.63) is 28.5 Å². The van der Waals surface area contributed by atoms with Crippen LogP contribution in [0.25, 0.3) is 0 Å². The van der Waals surface area contributed by atoms with Gasteiger partial charge in [-0.1, -0.05) is 15.9 Å². The summed E-state index contributed by atoms with van der Waals surface area (Å²) in [6.45, 7) is 0.187. The molecule has 4 nitrogen and oxygen atoms in total. The second-order valence-electron chi connectivity index (χ2n) is 3.40. The molecule has 0 saturated carbocycles. The summed E-state index contributed by atoms with van der Waals surface area (Å²) in [4.78, 5) is -0.371. The topological polar surface area (TPSA) is 66.4 Å². The molecule has 96 valence electrons. The molecule has 0 aliphatic carbocycles. The average Bonchev–Trinajstić information content (AvgIpc) is 2.24. The van der Waals surface area contributed by atoms with Crippen molar-refractivity contribution < 1.29 is 17.9 Å². The second kappa shape index (κ2) is 6.44. The minimum atomic E-state index is -3.82. The minimum absolute atomic E-state index is 0.00831. The van der Waals surface area contributed by atoms with Crippen LogP contribution in [-0.2, 0) is 10.0 Å². The Morgan fingerprint density at radius 3 is 2.65 bits per heavy atom. The van der Waals surface area contributed by atoms with E-state index < -0.39 is 15.8 Å².